The maximum Gasteiger partial charge on any atom is 0.251 e. The molecule has 1 aliphatic heterocycles. The van der Waals surface area contributed by atoms with Gasteiger partial charge in [0, 0.05) is 36.8 Å². The normalized spacial score (nSPS) is 20.4. The summed E-state index contributed by atoms with van der Waals surface area (Å²) < 4.78 is 0. The SMILES string of the molecule is O=C(NC(Cc1ccccc1)C(O)CNC1CCCc2ccccc21)c1cc(C2CCCC2)cc(N2CCCC2=O)c1. The number of nitrogens with zero attached hydrogens (tertiary/aromatic N) is 1. The number of carbonyl (C=O) groups excluding carboxylic acids is 2. The molecule has 3 aromatic carbocycles. The topological polar surface area (TPSA) is 81.7 Å². The number of nitrogens with one attached hydrogen (secondary N) is 2. The molecule has 2 amide bonds. The highest BCUT2D eigenvalue weighted by atomic mass is 16.3. The van der Waals surface area contributed by atoms with Crippen LogP contribution in [-0.2, 0) is 17.6 Å². The average Bonchev–Trinajstić information content (AvgIpc) is 3.72. The van der Waals surface area contributed by atoms with E-state index in [9.17, 15) is 14.7 Å². The molecule has 6 heteroatoms. The molecule has 3 unspecified atom stereocenters. The van der Waals surface area contributed by atoms with Crippen LogP contribution in [0.2, 0.25) is 0 Å². The number of amides is 2. The number of hydrogen-bond acceptors (Lipinski definition) is 4. The van der Waals surface area contributed by atoms with Crippen molar-refractivity contribution >= 4 is 17.5 Å². The minimum Gasteiger partial charge on any atom is -0.390 e. The summed E-state index contributed by atoms with van der Waals surface area (Å²) in [7, 11) is 0. The third-order valence-corrected chi connectivity index (χ3v) is 9.44. The van der Waals surface area contributed by atoms with Gasteiger partial charge < -0.3 is 20.6 Å². The number of anilines is 1. The second-order valence-corrected chi connectivity index (χ2v) is 12.3. The smallest absolute Gasteiger partial charge is 0.251 e. The van der Waals surface area contributed by atoms with Crippen LogP contribution in [-0.4, -0.2) is 42.2 Å². The molecule has 3 N–H and O–H groups in total. The molecule has 6 rings (SSSR count). The molecular formula is C36H43N3O3. The minimum absolute atomic E-state index is 0.123. The van der Waals surface area contributed by atoms with Crippen LogP contribution in [0.1, 0.15) is 95.9 Å². The van der Waals surface area contributed by atoms with Gasteiger partial charge in [-0.25, -0.2) is 0 Å². The van der Waals surface area contributed by atoms with Crippen LogP contribution in [0, 0.1) is 0 Å². The van der Waals surface area contributed by atoms with Crippen molar-refractivity contribution in [3.05, 3.63) is 101 Å². The van der Waals surface area contributed by atoms with Gasteiger partial charge in [-0.05, 0) is 91.3 Å². The van der Waals surface area contributed by atoms with Crippen molar-refractivity contribution in [2.24, 2.45) is 0 Å². The summed E-state index contributed by atoms with van der Waals surface area (Å²) in [6, 6.07) is 24.3. The highest BCUT2D eigenvalue weighted by Crippen LogP contribution is 2.37. The molecule has 3 atom stereocenters. The number of aliphatic hydroxyl groups excluding tert-OH is 1. The molecule has 1 saturated heterocycles. The maximum absolute atomic E-state index is 13.9. The van der Waals surface area contributed by atoms with Gasteiger partial charge in [0.25, 0.3) is 5.91 Å². The molecular weight excluding hydrogens is 522 g/mol. The van der Waals surface area contributed by atoms with Crippen LogP contribution in [0.25, 0.3) is 0 Å². The number of fused-ring (bicyclic) bond motifs is 1. The van der Waals surface area contributed by atoms with Crippen LogP contribution in [0.4, 0.5) is 5.69 Å². The molecule has 0 spiro atoms. The first-order valence-electron chi connectivity index (χ1n) is 15.8. The van der Waals surface area contributed by atoms with Crippen LogP contribution < -0.4 is 15.5 Å². The average molecular weight is 566 g/mol. The van der Waals surface area contributed by atoms with E-state index in [2.05, 4.69) is 41.0 Å². The van der Waals surface area contributed by atoms with Crippen molar-refractivity contribution in [3.63, 3.8) is 0 Å². The van der Waals surface area contributed by atoms with Crippen LogP contribution in [0.5, 0.6) is 0 Å². The lowest BCUT2D eigenvalue weighted by Gasteiger charge is -2.30. The van der Waals surface area contributed by atoms with Crippen molar-refractivity contribution in [1.82, 2.24) is 10.6 Å². The molecule has 3 aromatic rings. The zero-order chi connectivity index (χ0) is 28.9. The van der Waals surface area contributed by atoms with Gasteiger partial charge >= 0.3 is 0 Å². The number of benzene rings is 3. The fraction of sp³-hybridized carbons (Fsp3) is 0.444. The lowest BCUT2D eigenvalue weighted by atomic mass is 9.87. The summed E-state index contributed by atoms with van der Waals surface area (Å²) in [6.45, 7) is 1.08. The lowest BCUT2D eigenvalue weighted by molar-refractivity contribution is -0.117. The van der Waals surface area contributed by atoms with E-state index in [0.29, 0.717) is 37.4 Å². The summed E-state index contributed by atoms with van der Waals surface area (Å²) in [5.74, 6) is 0.339. The van der Waals surface area contributed by atoms with E-state index in [1.54, 1.807) is 0 Å². The highest BCUT2D eigenvalue weighted by molar-refractivity contribution is 5.99. The minimum atomic E-state index is -0.777. The van der Waals surface area contributed by atoms with E-state index >= 15 is 0 Å². The van der Waals surface area contributed by atoms with Crippen molar-refractivity contribution in [3.8, 4) is 0 Å². The monoisotopic (exact) mass is 565 g/mol. The van der Waals surface area contributed by atoms with E-state index in [0.717, 1.165) is 55.3 Å². The fourth-order valence-corrected chi connectivity index (χ4v) is 7.11. The predicted molar refractivity (Wildman–Crippen MR) is 167 cm³/mol. The van der Waals surface area contributed by atoms with Gasteiger partial charge in [0.15, 0.2) is 0 Å². The van der Waals surface area contributed by atoms with E-state index in [1.807, 2.05) is 47.4 Å². The zero-order valence-electron chi connectivity index (χ0n) is 24.4. The Bertz CT molecular complexity index is 1380. The molecule has 1 saturated carbocycles. The Morgan fingerprint density at radius 3 is 2.48 bits per heavy atom. The third-order valence-electron chi connectivity index (χ3n) is 9.44. The highest BCUT2D eigenvalue weighted by Gasteiger charge is 2.28. The number of rotatable bonds is 10. The summed E-state index contributed by atoms with van der Waals surface area (Å²) in [5.41, 5.74) is 6.28. The van der Waals surface area contributed by atoms with Crippen LogP contribution >= 0.6 is 0 Å². The fourth-order valence-electron chi connectivity index (χ4n) is 7.11. The Morgan fingerprint density at radius 2 is 1.69 bits per heavy atom. The number of hydrogen-bond donors (Lipinski definition) is 3. The lowest BCUT2D eigenvalue weighted by Crippen LogP contribution is -2.49. The summed E-state index contributed by atoms with van der Waals surface area (Å²) >= 11 is 0. The van der Waals surface area contributed by atoms with E-state index < -0.39 is 12.1 Å². The van der Waals surface area contributed by atoms with Crippen molar-refractivity contribution in [2.45, 2.75) is 88.3 Å². The molecule has 3 aliphatic rings. The van der Waals surface area contributed by atoms with Crippen molar-refractivity contribution in [1.29, 1.82) is 0 Å². The second-order valence-electron chi connectivity index (χ2n) is 12.3. The summed E-state index contributed by atoms with van der Waals surface area (Å²) in [6.07, 6.45) is 9.02. The largest absolute Gasteiger partial charge is 0.390 e. The first-order valence-corrected chi connectivity index (χ1v) is 15.8. The van der Waals surface area contributed by atoms with E-state index in [-0.39, 0.29) is 17.9 Å². The summed E-state index contributed by atoms with van der Waals surface area (Å²) in [5, 5.41) is 18.3. The maximum atomic E-state index is 13.9. The Labute approximate surface area is 249 Å². The molecule has 42 heavy (non-hydrogen) atoms. The quantitative estimate of drug-likeness (QED) is 0.289. The molecule has 2 aliphatic carbocycles. The van der Waals surface area contributed by atoms with Gasteiger partial charge in [-0.2, -0.15) is 0 Å². The standard InChI is InChI=1S/C36H43N3O3/c40-34(24-37-32-17-8-15-27-14-6-7-16-31(27)32)33(20-25-10-2-1-3-11-25)38-36(42)29-21-28(26-12-4-5-13-26)22-30(23-29)39-19-9-18-35(39)41/h1-3,6-7,10-11,14,16,21-23,26,32-34,37,40H,4-5,8-9,12-13,15,17-20,24H2,(H,38,42). The Kier molecular flexibility index (Phi) is 9.01. The molecule has 6 nitrogen and oxygen atoms in total. The Hall–Kier alpha value is -3.48. The molecule has 220 valence electrons. The molecule has 0 radical (unpaired) electrons. The van der Waals surface area contributed by atoms with Gasteiger partial charge in [-0.15, -0.1) is 0 Å². The number of carbonyl (C=O) groups is 2. The Balaban J connectivity index is 1.22. The first kappa shape index (κ1) is 28.6. The van der Waals surface area contributed by atoms with Crippen LogP contribution in [0.15, 0.2) is 72.8 Å². The predicted octanol–water partition coefficient (Wildman–Crippen LogP) is 5.84. The van der Waals surface area contributed by atoms with Gasteiger partial charge in [-0.1, -0.05) is 67.4 Å². The zero-order valence-corrected chi connectivity index (χ0v) is 24.4. The van der Waals surface area contributed by atoms with Crippen LogP contribution in [0.3, 0.4) is 0 Å². The van der Waals surface area contributed by atoms with Gasteiger partial charge in [-0.3, -0.25) is 9.59 Å². The van der Waals surface area contributed by atoms with Gasteiger partial charge in [0.05, 0.1) is 12.1 Å². The van der Waals surface area contributed by atoms with Gasteiger partial charge in [0.1, 0.15) is 0 Å². The number of aliphatic hydroxyl groups is 1. The van der Waals surface area contributed by atoms with Crippen molar-refractivity contribution in [2.75, 3.05) is 18.0 Å². The third kappa shape index (κ3) is 6.61. The number of aryl methyl sites for hydroxylation is 1. The molecule has 0 aromatic heterocycles. The van der Waals surface area contributed by atoms with E-state index in [4.69, 9.17) is 0 Å². The van der Waals surface area contributed by atoms with Gasteiger partial charge in [0.2, 0.25) is 5.91 Å². The molecule has 2 fully saturated rings. The Morgan fingerprint density at radius 1 is 0.905 bits per heavy atom. The first-order chi connectivity index (χ1) is 20.5. The summed E-state index contributed by atoms with van der Waals surface area (Å²) in [4.78, 5) is 28.3. The van der Waals surface area contributed by atoms with E-state index in [1.165, 1.54) is 24.0 Å². The van der Waals surface area contributed by atoms with Crippen molar-refractivity contribution < 1.29 is 14.7 Å². The second kappa shape index (κ2) is 13.2. The molecule has 0 bridgehead atoms. The molecule has 1 heterocycles.